The molecule has 1 heterocycles. The molecule has 0 amide bonds. The van der Waals surface area contributed by atoms with Crippen LogP contribution in [-0.4, -0.2) is 28.9 Å². The lowest BCUT2D eigenvalue weighted by atomic mass is 10.3. The molecule has 4 nitrogen and oxygen atoms in total. The van der Waals surface area contributed by atoms with Crippen LogP contribution in [0.2, 0.25) is 0 Å². The van der Waals surface area contributed by atoms with Crippen LogP contribution in [0.1, 0.15) is 26.0 Å². The van der Waals surface area contributed by atoms with Crippen LogP contribution in [-0.2, 0) is 16.0 Å². The minimum Gasteiger partial charge on any atom is -0.346 e. The van der Waals surface area contributed by atoms with Crippen LogP contribution < -0.4 is 0 Å². The highest BCUT2D eigenvalue weighted by atomic mass is 19.4. The normalized spacial score (nSPS) is 12.5. The molecule has 0 bridgehead atoms. The smallest absolute Gasteiger partial charge is 0.346 e. The summed E-state index contributed by atoms with van der Waals surface area (Å²) < 4.78 is 50.4. The van der Waals surface area contributed by atoms with Crippen LogP contribution in [0.5, 0.6) is 0 Å². The third-order valence-corrected chi connectivity index (χ3v) is 2.87. The van der Waals surface area contributed by atoms with E-state index in [9.17, 15) is 13.2 Å². The van der Waals surface area contributed by atoms with Crippen molar-refractivity contribution in [1.82, 2.24) is 9.55 Å². The van der Waals surface area contributed by atoms with Gasteiger partial charge in [0.1, 0.15) is 6.54 Å². The Morgan fingerprint density at radius 2 is 1.76 bits per heavy atom. The molecule has 2 rings (SSSR count). The van der Waals surface area contributed by atoms with E-state index in [-0.39, 0.29) is 5.82 Å². The van der Waals surface area contributed by atoms with Crippen LogP contribution in [0.25, 0.3) is 11.0 Å². The van der Waals surface area contributed by atoms with Crippen LogP contribution in [0.3, 0.4) is 0 Å². The predicted octanol–water partition coefficient (Wildman–Crippen LogP) is 3.67. The number of nitrogens with zero attached hydrogens (tertiary/aromatic N) is 2. The average Bonchev–Trinajstić information content (AvgIpc) is 2.76. The predicted molar refractivity (Wildman–Crippen MR) is 71.8 cm³/mol. The maximum atomic E-state index is 12.8. The standard InChI is InChI=1S/C14H17F3N2O2/c1-3-20-13(21-4-2)12-18-10-7-5-6-8-11(10)19(12)9-14(15,16)17/h5-8,13H,3-4,9H2,1-2H3. The van der Waals surface area contributed by atoms with Crippen LogP contribution in [0, 0.1) is 0 Å². The number of ether oxygens (including phenoxy) is 2. The summed E-state index contributed by atoms with van der Waals surface area (Å²) in [5.41, 5.74) is 0.899. The first-order chi connectivity index (χ1) is 9.96. The highest BCUT2D eigenvalue weighted by Gasteiger charge is 2.32. The SMILES string of the molecule is CCOC(OCC)c1nc2ccccc2n1CC(F)(F)F. The molecule has 0 aliphatic heterocycles. The summed E-state index contributed by atoms with van der Waals surface area (Å²) in [6.07, 6.45) is -5.25. The Bertz CT molecular complexity index is 589. The Morgan fingerprint density at radius 1 is 1.14 bits per heavy atom. The fraction of sp³-hybridized carbons (Fsp3) is 0.500. The fourth-order valence-electron chi connectivity index (χ4n) is 2.12. The van der Waals surface area contributed by atoms with Gasteiger partial charge in [-0.2, -0.15) is 13.2 Å². The zero-order valence-electron chi connectivity index (χ0n) is 11.9. The third kappa shape index (κ3) is 3.74. The number of imidazole rings is 1. The van der Waals surface area contributed by atoms with Gasteiger partial charge in [-0.3, -0.25) is 0 Å². The maximum Gasteiger partial charge on any atom is 0.406 e. The molecule has 0 saturated carbocycles. The molecular weight excluding hydrogens is 285 g/mol. The largest absolute Gasteiger partial charge is 0.406 e. The second-order valence-corrected chi connectivity index (χ2v) is 4.40. The summed E-state index contributed by atoms with van der Waals surface area (Å²) in [5.74, 6) is 0.136. The van der Waals surface area contributed by atoms with Crippen LogP contribution in [0.15, 0.2) is 24.3 Å². The van der Waals surface area contributed by atoms with Crippen molar-refractivity contribution in [2.24, 2.45) is 0 Å². The molecule has 0 atom stereocenters. The number of rotatable bonds is 6. The summed E-state index contributed by atoms with van der Waals surface area (Å²) >= 11 is 0. The van der Waals surface area contributed by atoms with E-state index in [0.29, 0.717) is 24.2 Å². The second kappa shape index (κ2) is 6.44. The van der Waals surface area contributed by atoms with E-state index in [4.69, 9.17) is 9.47 Å². The number of alkyl halides is 3. The molecule has 0 N–H and O–H groups in total. The maximum absolute atomic E-state index is 12.8. The molecule has 0 spiro atoms. The summed E-state index contributed by atoms with van der Waals surface area (Å²) in [4.78, 5) is 4.25. The van der Waals surface area contributed by atoms with E-state index in [2.05, 4.69) is 4.98 Å². The number of hydrogen-bond donors (Lipinski definition) is 0. The molecular formula is C14H17F3N2O2. The van der Waals surface area contributed by atoms with Gasteiger partial charge in [0.15, 0.2) is 5.82 Å². The van der Waals surface area contributed by atoms with Crippen molar-refractivity contribution in [2.75, 3.05) is 13.2 Å². The monoisotopic (exact) mass is 302 g/mol. The van der Waals surface area contributed by atoms with Gasteiger partial charge in [-0.25, -0.2) is 4.98 Å². The van der Waals surface area contributed by atoms with E-state index in [1.807, 2.05) is 0 Å². The van der Waals surface area contributed by atoms with E-state index in [0.717, 1.165) is 4.57 Å². The van der Waals surface area contributed by atoms with Gasteiger partial charge in [-0.05, 0) is 26.0 Å². The first-order valence-corrected chi connectivity index (χ1v) is 6.71. The van der Waals surface area contributed by atoms with Crippen molar-refractivity contribution >= 4 is 11.0 Å². The molecule has 0 fully saturated rings. The topological polar surface area (TPSA) is 36.3 Å². The number of hydrogen-bond acceptors (Lipinski definition) is 3. The van der Waals surface area contributed by atoms with Crippen molar-refractivity contribution in [2.45, 2.75) is 32.9 Å². The van der Waals surface area contributed by atoms with E-state index in [1.54, 1.807) is 38.1 Å². The molecule has 7 heteroatoms. The molecule has 1 aromatic heterocycles. The number of halogens is 3. The molecule has 0 unspecified atom stereocenters. The number of aromatic nitrogens is 2. The Hall–Kier alpha value is -1.60. The van der Waals surface area contributed by atoms with Gasteiger partial charge >= 0.3 is 6.18 Å². The minimum atomic E-state index is -4.35. The molecule has 0 aliphatic rings. The Labute approximate surface area is 120 Å². The van der Waals surface area contributed by atoms with Crippen molar-refractivity contribution in [3.63, 3.8) is 0 Å². The number of fused-ring (bicyclic) bond motifs is 1. The van der Waals surface area contributed by atoms with Crippen molar-refractivity contribution in [3.05, 3.63) is 30.1 Å². The zero-order valence-corrected chi connectivity index (χ0v) is 11.9. The highest BCUT2D eigenvalue weighted by molar-refractivity contribution is 5.76. The lowest BCUT2D eigenvalue weighted by Crippen LogP contribution is -2.22. The summed E-state index contributed by atoms with van der Waals surface area (Å²) in [5, 5.41) is 0. The van der Waals surface area contributed by atoms with Gasteiger partial charge < -0.3 is 14.0 Å². The summed E-state index contributed by atoms with van der Waals surface area (Å²) in [6, 6.07) is 6.68. The quantitative estimate of drug-likeness (QED) is 0.764. The minimum absolute atomic E-state index is 0.136. The second-order valence-electron chi connectivity index (χ2n) is 4.40. The molecule has 21 heavy (non-hydrogen) atoms. The Kier molecular flexibility index (Phi) is 4.84. The summed E-state index contributed by atoms with van der Waals surface area (Å²) in [7, 11) is 0. The molecule has 2 aromatic rings. The van der Waals surface area contributed by atoms with Crippen molar-refractivity contribution in [1.29, 1.82) is 0 Å². The summed E-state index contributed by atoms with van der Waals surface area (Å²) in [6.45, 7) is 3.02. The van der Waals surface area contributed by atoms with E-state index < -0.39 is 19.0 Å². The first-order valence-electron chi connectivity index (χ1n) is 6.71. The molecule has 0 radical (unpaired) electrons. The van der Waals surface area contributed by atoms with Crippen molar-refractivity contribution < 1.29 is 22.6 Å². The number of para-hydroxylation sites is 2. The fourth-order valence-corrected chi connectivity index (χ4v) is 2.12. The van der Waals surface area contributed by atoms with Crippen LogP contribution in [0.4, 0.5) is 13.2 Å². The van der Waals surface area contributed by atoms with E-state index >= 15 is 0 Å². The molecule has 0 saturated heterocycles. The van der Waals surface area contributed by atoms with Crippen molar-refractivity contribution in [3.8, 4) is 0 Å². The Morgan fingerprint density at radius 3 is 2.33 bits per heavy atom. The van der Waals surface area contributed by atoms with Gasteiger partial charge in [-0.15, -0.1) is 0 Å². The van der Waals surface area contributed by atoms with Gasteiger partial charge in [0.05, 0.1) is 11.0 Å². The first kappa shape index (κ1) is 15.8. The Balaban J connectivity index is 2.51. The van der Waals surface area contributed by atoms with Gasteiger partial charge in [0.25, 0.3) is 0 Å². The lowest BCUT2D eigenvalue weighted by Gasteiger charge is -2.19. The zero-order chi connectivity index (χ0) is 15.5. The third-order valence-electron chi connectivity index (χ3n) is 2.87. The molecule has 1 aromatic carbocycles. The average molecular weight is 302 g/mol. The number of benzene rings is 1. The highest BCUT2D eigenvalue weighted by Crippen LogP contribution is 2.28. The molecule has 0 aliphatic carbocycles. The van der Waals surface area contributed by atoms with Gasteiger partial charge in [-0.1, -0.05) is 12.1 Å². The lowest BCUT2D eigenvalue weighted by molar-refractivity contribution is -0.157. The van der Waals surface area contributed by atoms with E-state index in [1.165, 1.54) is 0 Å². The molecule has 116 valence electrons. The van der Waals surface area contributed by atoms with Gasteiger partial charge in [0.2, 0.25) is 6.29 Å². The van der Waals surface area contributed by atoms with Crippen LogP contribution >= 0.6 is 0 Å². The van der Waals surface area contributed by atoms with Gasteiger partial charge in [0, 0.05) is 13.2 Å².